The van der Waals surface area contributed by atoms with E-state index in [-0.39, 0.29) is 0 Å². The molecular weight excluding hydrogens is 283 g/mol. The van der Waals surface area contributed by atoms with E-state index in [0.717, 1.165) is 6.54 Å². The summed E-state index contributed by atoms with van der Waals surface area (Å²) in [5, 5.41) is 0. The fourth-order valence-electron chi connectivity index (χ4n) is 1.33. The van der Waals surface area contributed by atoms with Crippen molar-refractivity contribution < 1.29 is 18.5 Å². The highest BCUT2D eigenvalue weighted by atomic mass is 32.5. The van der Waals surface area contributed by atoms with Gasteiger partial charge in [-0.2, -0.15) is 0 Å². The van der Waals surface area contributed by atoms with Crippen LogP contribution in [-0.4, -0.2) is 17.8 Å². The van der Waals surface area contributed by atoms with Gasteiger partial charge in [0.25, 0.3) is 0 Å². The number of unbranched alkanes of at least 4 members (excludes halogenated alkanes) is 1. The predicted molar refractivity (Wildman–Crippen MR) is 78.1 cm³/mol. The second-order valence-electron chi connectivity index (χ2n) is 3.95. The Morgan fingerprint density at radius 3 is 2.21 bits per heavy atom. The highest BCUT2D eigenvalue weighted by molar-refractivity contribution is 8.06. The quantitative estimate of drug-likeness (QED) is 0.569. The van der Waals surface area contributed by atoms with Gasteiger partial charge >= 0.3 is 0 Å². The first-order valence-electron chi connectivity index (χ1n) is 6.56. The highest BCUT2D eigenvalue weighted by Crippen LogP contribution is 2.37. The van der Waals surface area contributed by atoms with Gasteiger partial charge in [0, 0.05) is 0 Å². The van der Waals surface area contributed by atoms with Gasteiger partial charge in [0.1, 0.15) is 19.1 Å². The molecule has 1 aromatic rings. The van der Waals surface area contributed by atoms with Crippen molar-refractivity contribution >= 4 is 18.5 Å². The van der Waals surface area contributed by atoms with Crippen LogP contribution in [0.5, 0.6) is 0 Å². The standard InChI is InChI=1S/C8H15N2.C4H11O3PS/c1-3-4-5-10-7-6-9(2)8-10;1-3-6-8(5,9)7-4-2/h6-8H,3-5H2,1-2H3;3-4H2,1-2H3,(H,5,9)/q+1;/p-1. The summed E-state index contributed by atoms with van der Waals surface area (Å²) >= 11 is 4.45. The van der Waals surface area contributed by atoms with Gasteiger partial charge in [-0.3, -0.25) is 0 Å². The van der Waals surface area contributed by atoms with Gasteiger partial charge in [0.05, 0.1) is 26.8 Å². The van der Waals surface area contributed by atoms with Crippen LogP contribution < -0.4 is 9.46 Å². The number of aryl methyl sites for hydroxylation is 2. The Bertz CT molecular complexity index is 375. The van der Waals surface area contributed by atoms with Crippen molar-refractivity contribution in [3.8, 4) is 0 Å². The molecule has 0 fully saturated rings. The van der Waals surface area contributed by atoms with Gasteiger partial charge in [-0.1, -0.05) is 25.2 Å². The van der Waals surface area contributed by atoms with E-state index in [0.29, 0.717) is 13.2 Å². The van der Waals surface area contributed by atoms with E-state index >= 15 is 0 Å². The van der Waals surface area contributed by atoms with Crippen LogP contribution in [0, 0.1) is 0 Å². The third-order valence-corrected chi connectivity index (χ3v) is 3.95. The van der Waals surface area contributed by atoms with Gasteiger partial charge in [0.2, 0.25) is 6.33 Å². The first kappa shape index (κ1) is 18.7. The molecule has 112 valence electrons. The van der Waals surface area contributed by atoms with Crippen LogP contribution in [0.25, 0.3) is 0 Å². The maximum atomic E-state index is 10.8. The van der Waals surface area contributed by atoms with Crippen molar-refractivity contribution in [3.05, 3.63) is 18.7 Å². The third kappa shape index (κ3) is 10.2. The number of aromatic nitrogens is 2. The Balaban J connectivity index is 0.000000344. The molecule has 19 heavy (non-hydrogen) atoms. The average molecular weight is 308 g/mol. The van der Waals surface area contributed by atoms with Gasteiger partial charge in [-0.15, -0.1) is 0 Å². The molecule has 0 aliphatic carbocycles. The van der Waals surface area contributed by atoms with Crippen LogP contribution in [0.15, 0.2) is 18.7 Å². The molecule has 1 aromatic heterocycles. The molecule has 0 amide bonds. The van der Waals surface area contributed by atoms with Crippen molar-refractivity contribution in [2.45, 2.75) is 40.2 Å². The molecule has 0 bridgehead atoms. The lowest BCUT2D eigenvalue weighted by Gasteiger charge is -2.25. The van der Waals surface area contributed by atoms with E-state index in [2.05, 4.69) is 55.6 Å². The molecule has 0 atom stereocenters. The summed E-state index contributed by atoms with van der Waals surface area (Å²) in [5.41, 5.74) is 0. The smallest absolute Gasteiger partial charge is 0.243 e. The van der Waals surface area contributed by atoms with E-state index in [1.807, 2.05) is 7.05 Å². The maximum Gasteiger partial charge on any atom is 0.243 e. The fourth-order valence-corrected chi connectivity index (χ4v) is 2.67. The number of hydrogen-bond acceptors (Lipinski definition) is 4. The van der Waals surface area contributed by atoms with E-state index in [4.69, 9.17) is 0 Å². The van der Waals surface area contributed by atoms with E-state index in [1.54, 1.807) is 13.8 Å². The summed E-state index contributed by atoms with van der Waals surface area (Å²) < 4.78 is 13.5. The Morgan fingerprint density at radius 1 is 1.26 bits per heavy atom. The van der Waals surface area contributed by atoms with E-state index in [1.165, 1.54) is 12.8 Å². The molecule has 5 nitrogen and oxygen atoms in total. The van der Waals surface area contributed by atoms with Crippen molar-refractivity contribution in [3.63, 3.8) is 0 Å². The van der Waals surface area contributed by atoms with Crippen LogP contribution >= 0.6 is 6.72 Å². The number of nitrogens with zero attached hydrogens (tertiary/aromatic N) is 2. The van der Waals surface area contributed by atoms with Gasteiger partial charge in [-0.25, -0.2) is 9.13 Å². The summed E-state index contributed by atoms with van der Waals surface area (Å²) in [7, 11) is 2.04. The summed E-state index contributed by atoms with van der Waals surface area (Å²) in [4.78, 5) is 10.8. The first-order chi connectivity index (χ1) is 8.95. The molecule has 1 heterocycles. The molecule has 0 saturated heterocycles. The molecule has 7 heteroatoms. The van der Waals surface area contributed by atoms with Crippen LogP contribution in [0.4, 0.5) is 0 Å². The molecule has 0 radical (unpaired) electrons. The lowest BCUT2D eigenvalue weighted by atomic mass is 10.3. The molecule has 0 aliphatic rings. The molecule has 0 spiro atoms. The van der Waals surface area contributed by atoms with Crippen LogP contribution in [0.2, 0.25) is 0 Å². The van der Waals surface area contributed by atoms with Gasteiger partial charge in [0.15, 0.2) is 0 Å². The molecular formula is C12H25N2O3PS. The zero-order valence-corrected chi connectivity index (χ0v) is 14.0. The molecule has 1 rings (SSSR count). The molecule has 0 aliphatic heterocycles. The Labute approximate surface area is 121 Å². The van der Waals surface area contributed by atoms with E-state index < -0.39 is 6.72 Å². The Kier molecular flexibility index (Phi) is 10.4. The first-order valence-corrected chi connectivity index (χ1v) is 9.11. The lowest BCUT2D eigenvalue weighted by Crippen LogP contribution is -2.23. The van der Waals surface area contributed by atoms with Crippen molar-refractivity contribution in [1.29, 1.82) is 0 Å². The number of rotatable bonds is 7. The minimum Gasteiger partial charge on any atom is -0.780 e. The number of imidazole rings is 1. The predicted octanol–water partition coefficient (Wildman–Crippen LogP) is 1.76. The summed E-state index contributed by atoms with van der Waals surface area (Å²) in [6.07, 6.45) is 8.82. The highest BCUT2D eigenvalue weighted by Gasteiger charge is 1.98. The lowest BCUT2D eigenvalue weighted by molar-refractivity contribution is -0.671. The SMILES string of the molecule is CCCCn1cc[n+](C)c1.CCOP([O-])(=S)OCC. The van der Waals surface area contributed by atoms with Gasteiger partial charge in [-0.05, 0) is 20.3 Å². The molecule has 0 unspecified atom stereocenters. The zero-order valence-electron chi connectivity index (χ0n) is 12.2. The third-order valence-electron chi connectivity index (χ3n) is 2.17. The second-order valence-corrected chi connectivity index (χ2v) is 6.71. The van der Waals surface area contributed by atoms with Gasteiger partial charge < -0.3 is 13.9 Å². The van der Waals surface area contributed by atoms with Crippen LogP contribution in [0.3, 0.4) is 0 Å². The zero-order chi connectivity index (χ0) is 14.7. The number of hydrogen-bond donors (Lipinski definition) is 0. The van der Waals surface area contributed by atoms with Crippen LogP contribution in [0.1, 0.15) is 33.6 Å². The van der Waals surface area contributed by atoms with Crippen molar-refractivity contribution in [1.82, 2.24) is 4.57 Å². The topological polar surface area (TPSA) is 50.3 Å². The summed E-state index contributed by atoms with van der Waals surface area (Å²) in [6.45, 7) is 4.36. The molecule has 0 N–H and O–H groups in total. The second kappa shape index (κ2) is 10.5. The minimum absolute atomic E-state index is 0.334. The maximum absolute atomic E-state index is 10.8. The van der Waals surface area contributed by atoms with E-state index in [9.17, 15) is 4.89 Å². The Hall–Kier alpha value is -0.260. The van der Waals surface area contributed by atoms with Crippen molar-refractivity contribution in [2.75, 3.05) is 13.2 Å². The Morgan fingerprint density at radius 2 is 1.84 bits per heavy atom. The molecule has 0 saturated carbocycles. The fraction of sp³-hybridized carbons (Fsp3) is 0.750. The van der Waals surface area contributed by atoms with Crippen LogP contribution in [-0.2, 0) is 34.4 Å². The molecule has 0 aromatic carbocycles. The monoisotopic (exact) mass is 308 g/mol. The summed E-state index contributed by atoms with van der Waals surface area (Å²) in [6, 6.07) is 0. The normalized spacial score (nSPS) is 11.0. The average Bonchev–Trinajstić information content (AvgIpc) is 2.73. The van der Waals surface area contributed by atoms with Crippen molar-refractivity contribution in [2.24, 2.45) is 7.05 Å². The summed E-state index contributed by atoms with van der Waals surface area (Å²) in [5.74, 6) is 0. The largest absolute Gasteiger partial charge is 0.780 e. The minimum atomic E-state index is -3.11.